The van der Waals surface area contributed by atoms with Crippen LogP contribution < -0.4 is 4.74 Å². The standard InChI is InChI=1S/C16H16O4S/c1-12-5-3-6-13(9-12)16(17)11-20-14-7-4-8-15(10-14)21(2,18)19/h3-10H,11H2,1-2H3. The molecule has 2 aromatic rings. The Morgan fingerprint density at radius 2 is 1.81 bits per heavy atom. The summed E-state index contributed by atoms with van der Waals surface area (Å²) in [6.45, 7) is 1.78. The molecule has 0 saturated heterocycles. The molecule has 0 aliphatic carbocycles. The van der Waals surface area contributed by atoms with Crippen LogP contribution in [0.2, 0.25) is 0 Å². The molecule has 0 spiro atoms. The van der Waals surface area contributed by atoms with E-state index in [1.165, 1.54) is 12.1 Å². The third-order valence-corrected chi connectivity index (χ3v) is 4.05. The van der Waals surface area contributed by atoms with Crippen LogP contribution in [0.1, 0.15) is 15.9 Å². The molecule has 2 rings (SSSR count). The van der Waals surface area contributed by atoms with Gasteiger partial charge in [-0.25, -0.2) is 8.42 Å². The van der Waals surface area contributed by atoms with E-state index in [-0.39, 0.29) is 17.3 Å². The van der Waals surface area contributed by atoms with Crippen molar-refractivity contribution in [2.45, 2.75) is 11.8 Å². The van der Waals surface area contributed by atoms with Gasteiger partial charge in [0.15, 0.2) is 22.2 Å². The van der Waals surface area contributed by atoms with Crippen LogP contribution in [0.5, 0.6) is 5.75 Å². The molecule has 0 heterocycles. The van der Waals surface area contributed by atoms with Crippen LogP contribution in [-0.4, -0.2) is 27.1 Å². The third kappa shape index (κ3) is 4.16. The summed E-state index contributed by atoms with van der Waals surface area (Å²) in [5.74, 6) is 0.211. The zero-order chi connectivity index (χ0) is 15.5. The van der Waals surface area contributed by atoms with Crippen LogP contribution in [0.3, 0.4) is 0 Å². The van der Waals surface area contributed by atoms with Crippen molar-refractivity contribution >= 4 is 15.6 Å². The lowest BCUT2D eigenvalue weighted by molar-refractivity contribution is 0.0921. The van der Waals surface area contributed by atoms with E-state index in [4.69, 9.17) is 4.74 Å². The van der Waals surface area contributed by atoms with Gasteiger partial charge >= 0.3 is 0 Å². The molecule has 0 unspecified atom stereocenters. The van der Waals surface area contributed by atoms with E-state index >= 15 is 0 Å². The van der Waals surface area contributed by atoms with E-state index < -0.39 is 9.84 Å². The lowest BCUT2D eigenvalue weighted by Crippen LogP contribution is -2.12. The molecule has 5 heteroatoms. The third-order valence-electron chi connectivity index (χ3n) is 2.94. The summed E-state index contributed by atoms with van der Waals surface area (Å²) in [6, 6.07) is 13.4. The first-order valence-electron chi connectivity index (χ1n) is 6.39. The van der Waals surface area contributed by atoms with E-state index in [0.717, 1.165) is 11.8 Å². The highest BCUT2D eigenvalue weighted by Gasteiger charge is 2.10. The number of carbonyl (C=O) groups excluding carboxylic acids is 1. The van der Waals surface area contributed by atoms with E-state index in [9.17, 15) is 13.2 Å². The van der Waals surface area contributed by atoms with Gasteiger partial charge in [-0.05, 0) is 31.2 Å². The maximum Gasteiger partial charge on any atom is 0.200 e. The first-order chi connectivity index (χ1) is 9.86. The summed E-state index contributed by atoms with van der Waals surface area (Å²) in [5.41, 5.74) is 1.58. The summed E-state index contributed by atoms with van der Waals surface area (Å²) in [5, 5.41) is 0. The largest absolute Gasteiger partial charge is 0.485 e. The predicted molar refractivity (Wildman–Crippen MR) is 80.6 cm³/mol. The van der Waals surface area contributed by atoms with Crippen molar-refractivity contribution < 1.29 is 17.9 Å². The molecule has 0 saturated carbocycles. The van der Waals surface area contributed by atoms with Crippen molar-refractivity contribution in [2.75, 3.05) is 12.9 Å². The van der Waals surface area contributed by atoms with Crippen LogP contribution in [0.4, 0.5) is 0 Å². The minimum absolute atomic E-state index is 0.128. The highest BCUT2D eigenvalue weighted by Crippen LogP contribution is 2.17. The van der Waals surface area contributed by atoms with Gasteiger partial charge in [0.05, 0.1) is 4.90 Å². The first-order valence-corrected chi connectivity index (χ1v) is 8.28. The van der Waals surface area contributed by atoms with Gasteiger partial charge in [-0.3, -0.25) is 4.79 Å². The van der Waals surface area contributed by atoms with Crippen molar-refractivity contribution in [2.24, 2.45) is 0 Å². The zero-order valence-corrected chi connectivity index (χ0v) is 12.7. The van der Waals surface area contributed by atoms with Crippen molar-refractivity contribution in [1.29, 1.82) is 0 Å². The Kier molecular flexibility index (Phi) is 4.43. The van der Waals surface area contributed by atoms with Gasteiger partial charge < -0.3 is 4.74 Å². The Hall–Kier alpha value is -2.14. The van der Waals surface area contributed by atoms with Gasteiger partial charge in [0.2, 0.25) is 0 Å². The molecular weight excluding hydrogens is 288 g/mol. The average molecular weight is 304 g/mol. The molecule has 0 fully saturated rings. The summed E-state index contributed by atoms with van der Waals surface area (Å²) >= 11 is 0. The topological polar surface area (TPSA) is 60.4 Å². The average Bonchev–Trinajstić information content (AvgIpc) is 2.44. The van der Waals surface area contributed by atoms with Crippen molar-refractivity contribution in [3.8, 4) is 5.75 Å². The Morgan fingerprint density at radius 1 is 1.10 bits per heavy atom. The number of sulfone groups is 1. The van der Waals surface area contributed by atoms with Crippen LogP contribution in [0, 0.1) is 6.92 Å². The monoisotopic (exact) mass is 304 g/mol. The number of ether oxygens (including phenoxy) is 1. The van der Waals surface area contributed by atoms with E-state index in [1.54, 1.807) is 24.3 Å². The minimum Gasteiger partial charge on any atom is -0.485 e. The van der Waals surface area contributed by atoms with E-state index in [0.29, 0.717) is 11.3 Å². The number of rotatable bonds is 5. The Bertz CT molecular complexity index is 763. The molecule has 21 heavy (non-hydrogen) atoms. The molecule has 0 radical (unpaired) electrons. The van der Waals surface area contributed by atoms with Crippen LogP contribution in [0.25, 0.3) is 0 Å². The van der Waals surface area contributed by atoms with Gasteiger partial charge in [-0.15, -0.1) is 0 Å². The molecule has 0 aliphatic heterocycles. The number of hydrogen-bond acceptors (Lipinski definition) is 4. The van der Waals surface area contributed by atoms with Crippen LogP contribution >= 0.6 is 0 Å². The summed E-state index contributed by atoms with van der Waals surface area (Å²) in [4.78, 5) is 12.2. The SMILES string of the molecule is Cc1cccc(C(=O)COc2cccc(S(C)(=O)=O)c2)c1. The lowest BCUT2D eigenvalue weighted by atomic mass is 10.1. The normalized spacial score (nSPS) is 11.1. The second-order valence-corrected chi connectivity index (χ2v) is 6.84. The number of aryl methyl sites for hydroxylation is 1. The molecular formula is C16H16O4S. The highest BCUT2D eigenvalue weighted by molar-refractivity contribution is 7.90. The second kappa shape index (κ2) is 6.10. The fraction of sp³-hybridized carbons (Fsp3) is 0.188. The number of benzene rings is 2. The maximum absolute atomic E-state index is 12.0. The van der Waals surface area contributed by atoms with Gasteiger partial charge in [0.1, 0.15) is 5.75 Å². The molecule has 0 bridgehead atoms. The molecule has 0 aromatic heterocycles. The number of carbonyl (C=O) groups is 1. The zero-order valence-electron chi connectivity index (χ0n) is 11.9. The Morgan fingerprint density at radius 3 is 2.48 bits per heavy atom. The van der Waals surface area contributed by atoms with Gasteiger partial charge in [-0.1, -0.05) is 29.8 Å². The fourth-order valence-electron chi connectivity index (χ4n) is 1.85. The van der Waals surface area contributed by atoms with E-state index in [1.807, 2.05) is 19.1 Å². The molecule has 0 N–H and O–H groups in total. The van der Waals surface area contributed by atoms with Crippen molar-refractivity contribution in [3.63, 3.8) is 0 Å². The molecule has 4 nitrogen and oxygen atoms in total. The lowest BCUT2D eigenvalue weighted by Gasteiger charge is -2.07. The van der Waals surface area contributed by atoms with Gasteiger partial charge in [0.25, 0.3) is 0 Å². The Labute approximate surface area is 124 Å². The quantitative estimate of drug-likeness (QED) is 0.797. The molecule has 0 aliphatic rings. The molecule has 0 amide bonds. The van der Waals surface area contributed by atoms with Crippen molar-refractivity contribution in [3.05, 3.63) is 59.7 Å². The van der Waals surface area contributed by atoms with Crippen LogP contribution in [-0.2, 0) is 9.84 Å². The van der Waals surface area contributed by atoms with E-state index in [2.05, 4.69) is 0 Å². The smallest absolute Gasteiger partial charge is 0.200 e. The maximum atomic E-state index is 12.0. The van der Waals surface area contributed by atoms with Crippen molar-refractivity contribution in [1.82, 2.24) is 0 Å². The number of hydrogen-bond donors (Lipinski definition) is 0. The van der Waals surface area contributed by atoms with Gasteiger partial charge in [-0.2, -0.15) is 0 Å². The molecule has 2 aromatic carbocycles. The number of ketones is 1. The summed E-state index contributed by atoms with van der Waals surface area (Å²) in [6.07, 6.45) is 1.13. The molecule has 110 valence electrons. The van der Waals surface area contributed by atoms with Gasteiger partial charge in [0, 0.05) is 11.8 Å². The molecule has 0 atom stereocenters. The highest BCUT2D eigenvalue weighted by atomic mass is 32.2. The predicted octanol–water partition coefficient (Wildman–Crippen LogP) is 2.66. The van der Waals surface area contributed by atoms with Crippen LogP contribution in [0.15, 0.2) is 53.4 Å². The second-order valence-electron chi connectivity index (χ2n) is 4.83. The number of Topliss-reactive ketones (excluding diaryl/α,β-unsaturated/α-hetero) is 1. The fourth-order valence-corrected chi connectivity index (χ4v) is 2.50. The summed E-state index contributed by atoms with van der Waals surface area (Å²) < 4.78 is 28.3. The Balaban J connectivity index is 2.08. The first kappa shape index (κ1) is 15.3. The summed E-state index contributed by atoms with van der Waals surface area (Å²) in [7, 11) is -3.29. The minimum atomic E-state index is -3.29.